The second kappa shape index (κ2) is 6.34. The van der Waals surface area contributed by atoms with Gasteiger partial charge in [0.25, 0.3) is 0 Å². The molecule has 0 unspecified atom stereocenters. The lowest BCUT2D eigenvalue weighted by molar-refractivity contribution is -0.176. The molecule has 4 fully saturated rings. The van der Waals surface area contributed by atoms with Gasteiger partial charge in [0.05, 0.1) is 12.2 Å². The van der Waals surface area contributed by atoms with E-state index in [4.69, 9.17) is 4.74 Å². The van der Waals surface area contributed by atoms with Crippen molar-refractivity contribution < 1.29 is 9.84 Å². The highest BCUT2D eigenvalue weighted by atomic mass is 16.5. The molecule has 5 atom stereocenters. The summed E-state index contributed by atoms with van der Waals surface area (Å²) < 4.78 is 6.04. The molecule has 0 radical (unpaired) electrons. The summed E-state index contributed by atoms with van der Waals surface area (Å²) in [4.78, 5) is 2.46. The van der Waals surface area contributed by atoms with Crippen molar-refractivity contribution in [1.82, 2.24) is 10.2 Å². The average molecular weight is 342 g/mol. The number of β-amino-alcohol motifs (C(OH)–C–C–N with tert-alkyl or cyclic N) is 1. The van der Waals surface area contributed by atoms with Gasteiger partial charge in [0.2, 0.25) is 0 Å². The van der Waals surface area contributed by atoms with Crippen molar-refractivity contribution >= 4 is 0 Å². The van der Waals surface area contributed by atoms with E-state index in [-0.39, 0.29) is 6.10 Å². The Morgan fingerprint density at radius 2 is 2.08 bits per heavy atom. The fourth-order valence-corrected chi connectivity index (χ4v) is 6.00. The Labute approximate surface area is 150 Å². The van der Waals surface area contributed by atoms with Crippen LogP contribution in [-0.4, -0.2) is 54.0 Å². The molecule has 2 saturated carbocycles. The topological polar surface area (TPSA) is 44.7 Å². The van der Waals surface area contributed by atoms with Gasteiger partial charge in [-0.2, -0.15) is 0 Å². The second-order valence-electron chi connectivity index (χ2n) is 8.67. The van der Waals surface area contributed by atoms with Gasteiger partial charge < -0.3 is 15.2 Å². The molecule has 1 aromatic rings. The largest absolute Gasteiger partial charge is 0.392 e. The van der Waals surface area contributed by atoms with Gasteiger partial charge in [-0.1, -0.05) is 36.8 Å². The molecule has 2 aliphatic heterocycles. The predicted octanol–water partition coefficient (Wildman–Crippen LogP) is 2.17. The first kappa shape index (κ1) is 16.2. The van der Waals surface area contributed by atoms with E-state index < -0.39 is 0 Å². The molecular formula is C21H30N2O2. The van der Waals surface area contributed by atoms with E-state index in [1.807, 2.05) is 0 Å². The number of nitrogens with zero attached hydrogens (tertiary/aromatic N) is 1. The van der Waals surface area contributed by atoms with E-state index in [0.717, 1.165) is 38.6 Å². The summed E-state index contributed by atoms with van der Waals surface area (Å²) in [6, 6.07) is 11.7. The number of rotatable bonds is 5. The van der Waals surface area contributed by atoms with E-state index in [0.29, 0.717) is 23.6 Å². The summed E-state index contributed by atoms with van der Waals surface area (Å²) in [5, 5.41) is 14.1. The Morgan fingerprint density at radius 1 is 1.24 bits per heavy atom. The first-order valence-electron chi connectivity index (χ1n) is 10.1. The Morgan fingerprint density at radius 3 is 2.84 bits per heavy atom. The maximum absolute atomic E-state index is 10.2. The quantitative estimate of drug-likeness (QED) is 0.861. The molecule has 136 valence electrons. The first-order valence-corrected chi connectivity index (χ1v) is 10.1. The lowest BCUT2D eigenvalue weighted by Crippen LogP contribution is -2.71. The molecule has 0 bridgehead atoms. The Kier molecular flexibility index (Phi) is 4.12. The van der Waals surface area contributed by atoms with Gasteiger partial charge >= 0.3 is 0 Å². The summed E-state index contributed by atoms with van der Waals surface area (Å²) >= 11 is 0. The van der Waals surface area contributed by atoms with Crippen molar-refractivity contribution in [3.8, 4) is 0 Å². The molecule has 1 aromatic carbocycles. The van der Waals surface area contributed by atoms with E-state index in [1.165, 1.54) is 31.2 Å². The van der Waals surface area contributed by atoms with Crippen LogP contribution < -0.4 is 5.32 Å². The number of benzene rings is 1. The molecule has 4 nitrogen and oxygen atoms in total. The number of hydrogen-bond acceptors (Lipinski definition) is 4. The number of nitrogens with one attached hydrogen (secondary N) is 1. The second-order valence-corrected chi connectivity index (χ2v) is 8.67. The molecule has 2 heterocycles. The van der Waals surface area contributed by atoms with Crippen molar-refractivity contribution in [2.24, 2.45) is 11.3 Å². The zero-order chi connectivity index (χ0) is 16.9. The number of fused-ring (bicyclic) bond motifs is 2. The fraction of sp³-hybridized carbons (Fsp3) is 0.714. The molecule has 1 spiro atoms. The Balaban J connectivity index is 1.22. The maximum Gasteiger partial charge on any atom is 0.0690 e. The van der Waals surface area contributed by atoms with Crippen molar-refractivity contribution in [3.63, 3.8) is 0 Å². The van der Waals surface area contributed by atoms with E-state index >= 15 is 0 Å². The molecule has 2 N–H and O–H groups in total. The van der Waals surface area contributed by atoms with Crippen LogP contribution in [-0.2, 0) is 11.3 Å². The van der Waals surface area contributed by atoms with Crippen LogP contribution in [0.1, 0.15) is 37.7 Å². The zero-order valence-corrected chi connectivity index (χ0v) is 14.9. The monoisotopic (exact) mass is 342 g/mol. The third-order valence-electron chi connectivity index (χ3n) is 7.34. The van der Waals surface area contributed by atoms with Gasteiger partial charge in [0, 0.05) is 49.7 Å². The summed E-state index contributed by atoms with van der Waals surface area (Å²) in [6.07, 6.45) is 6.52. The molecule has 5 rings (SSSR count). The van der Waals surface area contributed by atoms with Gasteiger partial charge in [-0.15, -0.1) is 0 Å². The van der Waals surface area contributed by atoms with Crippen LogP contribution in [0.2, 0.25) is 0 Å². The highest BCUT2D eigenvalue weighted by molar-refractivity contribution is 5.19. The number of likely N-dealkylation sites (tertiary alicyclic amines) is 1. The van der Waals surface area contributed by atoms with Crippen molar-refractivity contribution in [2.75, 3.05) is 19.7 Å². The van der Waals surface area contributed by atoms with Crippen LogP contribution in [0, 0.1) is 11.3 Å². The molecule has 4 aliphatic rings. The smallest absolute Gasteiger partial charge is 0.0690 e. The standard InChI is InChI=1S/C21H30N2O2/c24-17-11-16(23(14-17)13-15-5-2-1-3-6-15)12-22-19-18-7-10-25-20(18)21(19)8-4-9-21/h1-3,5-6,16-20,22,24H,4,7-14H2/t16-,17-,18+,19-,20-/m1/s1. The highest BCUT2D eigenvalue weighted by Gasteiger charge is 2.66. The zero-order valence-electron chi connectivity index (χ0n) is 14.9. The van der Waals surface area contributed by atoms with Gasteiger partial charge in [0.15, 0.2) is 0 Å². The van der Waals surface area contributed by atoms with E-state index in [9.17, 15) is 5.11 Å². The SMILES string of the molecule is O[C@@H]1C[C@H](CN[C@@H]2[C@@H]3CCO[C@H]3C23CCC3)N(Cc2ccccc2)C1. The van der Waals surface area contributed by atoms with E-state index in [1.54, 1.807) is 0 Å². The van der Waals surface area contributed by atoms with Gasteiger partial charge in [0.1, 0.15) is 0 Å². The maximum atomic E-state index is 10.2. The number of aliphatic hydroxyl groups is 1. The van der Waals surface area contributed by atoms with Gasteiger partial charge in [-0.25, -0.2) is 0 Å². The normalized spacial score (nSPS) is 39.2. The Hall–Kier alpha value is -0.940. The van der Waals surface area contributed by atoms with Gasteiger partial charge in [-0.05, 0) is 31.2 Å². The lowest BCUT2D eigenvalue weighted by Gasteiger charge is -2.63. The third-order valence-corrected chi connectivity index (χ3v) is 7.34. The van der Waals surface area contributed by atoms with Crippen LogP contribution in [0.3, 0.4) is 0 Å². The van der Waals surface area contributed by atoms with Crippen LogP contribution in [0.25, 0.3) is 0 Å². The van der Waals surface area contributed by atoms with Crippen molar-refractivity contribution in [3.05, 3.63) is 35.9 Å². The fourth-order valence-electron chi connectivity index (χ4n) is 6.00. The Bertz CT molecular complexity index is 603. The molecule has 4 heteroatoms. The lowest BCUT2D eigenvalue weighted by atomic mass is 9.46. The highest BCUT2D eigenvalue weighted by Crippen LogP contribution is 2.62. The summed E-state index contributed by atoms with van der Waals surface area (Å²) in [6.45, 7) is 3.69. The summed E-state index contributed by atoms with van der Waals surface area (Å²) in [7, 11) is 0. The predicted molar refractivity (Wildman–Crippen MR) is 97.2 cm³/mol. The van der Waals surface area contributed by atoms with Crippen LogP contribution >= 0.6 is 0 Å². The van der Waals surface area contributed by atoms with Crippen molar-refractivity contribution in [2.45, 2.75) is 62.9 Å². The number of aliphatic hydroxyl groups excluding tert-OH is 1. The van der Waals surface area contributed by atoms with E-state index in [2.05, 4.69) is 40.5 Å². The number of hydrogen-bond donors (Lipinski definition) is 2. The van der Waals surface area contributed by atoms with Crippen LogP contribution in [0.5, 0.6) is 0 Å². The molecular weight excluding hydrogens is 312 g/mol. The molecule has 0 amide bonds. The number of ether oxygens (including phenoxy) is 1. The minimum Gasteiger partial charge on any atom is -0.392 e. The van der Waals surface area contributed by atoms with Crippen LogP contribution in [0.4, 0.5) is 0 Å². The summed E-state index contributed by atoms with van der Waals surface area (Å²) in [5.74, 6) is 0.731. The first-order chi connectivity index (χ1) is 12.3. The molecule has 2 aliphatic carbocycles. The molecule has 2 saturated heterocycles. The minimum absolute atomic E-state index is 0.183. The summed E-state index contributed by atoms with van der Waals surface area (Å²) in [5.41, 5.74) is 1.79. The van der Waals surface area contributed by atoms with Crippen molar-refractivity contribution in [1.29, 1.82) is 0 Å². The third kappa shape index (κ3) is 2.66. The molecule has 0 aromatic heterocycles. The van der Waals surface area contributed by atoms with Gasteiger partial charge in [-0.3, -0.25) is 4.90 Å². The average Bonchev–Trinajstić information content (AvgIpc) is 3.12. The molecule has 25 heavy (non-hydrogen) atoms. The van der Waals surface area contributed by atoms with Crippen LogP contribution in [0.15, 0.2) is 30.3 Å². The minimum atomic E-state index is -0.183.